The first-order valence-electron chi connectivity index (χ1n) is 6.52. The van der Waals surface area contributed by atoms with Gasteiger partial charge in [-0.2, -0.15) is 0 Å². The van der Waals surface area contributed by atoms with E-state index in [1.807, 2.05) is 18.2 Å². The zero-order valence-corrected chi connectivity index (χ0v) is 10.3. The maximum absolute atomic E-state index is 11.9. The Bertz CT molecular complexity index is 366. The van der Waals surface area contributed by atoms with Crippen molar-refractivity contribution in [3.8, 4) is 0 Å². The zero-order valence-electron chi connectivity index (χ0n) is 10.3. The molecule has 0 amide bonds. The van der Waals surface area contributed by atoms with Crippen molar-refractivity contribution in [1.29, 1.82) is 0 Å². The molecule has 0 spiro atoms. The summed E-state index contributed by atoms with van der Waals surface area (Å²) in [6.45, 7) is 0. The van der Waals surface area contributed by atoms with Crippen molar-refractivity contribution in [2.24, 2.45) is 5.73 Å². The summed E-state index contributed by atoms with van der Waals surface area (Å²) in [6, 6.07) is 10.2. The standard InChI is InChI=1S/C15H21NO/c16-15(10-4-5-11-15)12-14(17)9-8-13-6-2-1-3-7-13/h1-3,6-7H,4-5,8-12,16H2. The summed E-state index contributed by atoms with van der Waals surface area (Å²) >= 11 is 0. The number of carbonyl (C=O) groups is 1. The SMILES string of the molecule is NC1(CC(=O)CCc2ccccc2)CCCC1. The summed E-state index contributed by atoms with van der Waals surface area (Å²) in [6.07, 6.45) is 6.44. The van der Waals surface area contributed by atoms with Crippen molar-refractivity contribution in [2.45, 2.75) is 50.5 Å². The molecular formula is C15H21NO. The van der Waals surface area contributed by atoms with E-state index >= 15 is 0 Å². The summed E-state index contributed by atoms with van der Waals surface area (Å²) in [5, 5.41) is 0. The molecule has 92 valence electrons. The Morgan fingerprint density at radius 2 is 1.82 bits per heavy atom. The molecule has 1 aliphatic carbocycles. The van der Waals surface area contributed by atoms with Crippen LogP contribution in [0, 0.1) is 0 Å². The summed E-state index contributed by atoms with van der Waals surface area (Å²) in [5.74, 6) is 0.318. The number of benzene rings is 1. The quantitative estimate of drug-likeness (QED) is 0.846. The van der Waals surface area contributed by atoms with Crippen molar-refractivity contribution in [2.75, 3.05) is 0 Å². The maximum Gasteiger partial charge on any atom is 0.135 e. The molecule has 17 heavy (non-hydrogen) atoms. The first-order chi connectivity index (χ1) is 8.18. The van der Waals surface area contributed by atoms with Gasteiger partial charge in [0.1, 0.15) is 5.78 Å². The molecule has 0 atom stereocenters. The van der Waals surface area contributed by atoms with Crippen LogP contribution in [0.5, 0.6) is 0 Å². The second-order valence-electron chi connectivity index (χ2n) is 5.27. The predicted molar refractivity (Wildman–Crippen MR) is 69.8 cm³/mol. The zero-order chi connectivity index (χ0) is 12.1. The molecule has 2 heteroatoms. The van der Waals surface area contributed by atoms with Crippen LogP contribution < -0.4 is 5.73 Å². The molecule has 1 aliphatic rings. The van der Waals surface area contributed by atoms with Gasteiger partial charge in [0.05, 0.1) is 0 Å². The van der Waals surface area contributed by atoms with Gasteiger partial charge in [-0.3, -0.25) is 4.79 Å². The van der Waals surface area contributed by atoms with E-state index in [1.54, 1.807) is 0 Å². The lowest BCUT2D eigenvalue weighted by atomic mass is 9.90. The Balaban J connectivity index is 1.78. The summed E-state index contributed by atoms with van der Waals surface area (Å²) in [4.78, 5) is 11.9. The second-order valence-corrected chi connectivity index (χ2v) is 5.27. The third-order valence-corrected chi connectivity index (χ3v) is 3.68. The van der Waals surface area contributed by atoms with Crippen LogP contribution in [0.15, 0.2) is 30.3 Å². The molecule has 2 N–H and O–H groups in total. The van der Waals surface area contributed by atoms with Gasteiger partial charge in [-0.05, 0) is 24.8 Å². The molecule has 0 unspecified atom stereocenters. The number of hydrogen-bond donors (Lipinski definition) is 1. The summed E-state index contributed by atoms with van der Waals surface area (Å²) in [5.41, 5.74) is 7.26. The van der Waals surface area contributed by atoms with E-state index < -0.39 is 0 Å². The lowest BCUT2D eigenvalue weighted by Gasteiger charge is -2.22. The van der Waals surface area contributed by atoms with Gasteiger partial charge in [0, 0.05) is 18.4 Å². The van der Waals surface area contributed by atoms with Crippen molar-refractivity contribution >= 4 is 5.78 Å². The topological polar surface area (TPSA) is 43.1 Å². The minimum Gasteiger partial charge on any atom is -0.325 e. The van der Waals surface area contributed by atoms with Crippen molar-refractivity contribution in [1.82, 2.24) is 0 Å². The smallest absolute Gasteiger partial charge is 0.135 e. The molecule has 1 fully saturated rings. The molecule has 1 aromatic rings. The first kappa shape index (κ1) is 12.3. The van der Waals surface area contributed by atoms with Gasteiger partial charge in [-0.25, -0.2) is 0 Å². The van der Waals surface area contributed by atoms with E-state index in [-0.39, 0.29) is 5.54 Å². The molecule has 1 saturated carbocycles. The number of rotatable bonds is 5. The van der Waals surface area contributed by atoms with Crippen molar-refractivity contribution in [3.63, 3.8) is 0 Å². The number of carbonyl (C=O) groups excluding carboxylic acids is 1. The molecule has 0 aliphatic heterocycles. The molecule has 0 radical (unpaired) electrons. The fourth-order valence-electron chi connectivity index (χ4n) is 2.67. The number of hydrogen-bond acceptors (Lipinski definition) is 2. The highest BCUT2D eigenvalue weighted by molar-refractivity contribution is 5.79. The van der Waals surface area contributed by atoms with Gasteiger partial charge in [0.2, 0.25) is 0 Å². The number of nitrogens with two attached hydrogens (primary N) is 1. The Hall–Kier alpha value is -1.15. The normalized spacial score (nSPS) is 18.2. The molecule has 0 saturated heterocycles. The molecule has 2 nitrogen and oxygen atoms in total. The number of Topliss-reactive ketones (excluding diaryl/α,β-unsaturated/α-hetero) is 1. The predicted octanol–water partition coefficient (Wildman–Crippen LogP) is 2.85. The maximum atomic E-state index is 11.9. The van der Waals surface area contributed by atoms with E-state index in [9.17, 15) is 4.79 Å². The number of aryl methyl sites for hydroxylation is 1. The van der Waals surface area contributed by atoms with Crippen LogP contribution in [-0.2, 0) is 11.2 Å². The third-order valence-electron chi connectivity index (χ3n) is 3.68. The highest BCUT2D eigenvalue weighted by Gasteiger charge is 2.31. The summed E-state index contributed by atoms with van der Waals surface area (Å²) < 4.78 is 0. The van der Waals surface area contributed by atoms with Crippen LogP contribution in [0.2, 0.25) is 0 Å². The lowest BCUT2D eigenvalue weighted by Crippen LogP contribution is -2.38. The highest BCUT2D eigenvalue weighted by Crippen LogP contribution is 2.30. The van der Waals surface area contributed by atoms with Crippen LogP contribution in [0.25, 0.3) is 0 Å². The van der Waals surface area contributed by atoms with Gasteiger partial charge < -0.3 is 5.73 Å². The monoisotopic (exact) mass is 231 g/mol. The Morgan fingerprint density at radius 1 is 1.18 bits per heavy atom. The second kappa shape index (κ2) is 5.46. The van der Waals surface area contributed by atoms with Crippen LogP contribution in [0.4, 0.5) is 0 Å². The van der Waals surface area contributed by atoms with Gasteiger partial charge >= 0.3 is 0 Å². The third kappa shape index (κ3) is 3.67. The van der Waals surface area contributed by atoms with Gasteiger partial charge in [0.15, 0.2) is 0 Å². The minimum atomic E-state index is -0.187. The Labute approximate surface area is 103 Å². The fraction of sp³-hybridized carbons (Fsp3) is 0.533. The first-order valence-corrected chi connectivity index (χ1v) is 6.52. The highest BCUT2D eigenvalue weighted by atomic mass is 16.1. The molecule has 2 rings (SSSR count). The Morgan fingerprint density at radius 3 is 2.47 bits per heavy atom. The fourth-order valence-corrected chi connectivity index (χ4v) is 2.67. The van der Waals surface area contributed by atoms with E-state index in [4.69, 9.17) is 5.73 Å². The summed E-state index contributed by atoms with van der Waals surface area (Å²) in [7, 11) is 0. The molecule has 0 aromatic heterocycles. The van der Waals surface area contributed by atoms with Gasteiger partial charge in [-0.1, -0.05) is 43.2 Å². The van der Waals surface area contributed by atoms with Crippen LogP contribution in [0.3, 0.4) is 0 Å². The molecule has 0 bridgehead atoms. The van der Waals surface area contributed by atoms with E-state index in [0.29, 0.717) is 18.6 Å². The van der Waals surface area contributed by atoms with Crippen LogP contribution >= 0.6 is 0 Å². The molecule has 1 aromatic carbocycles. The average Bonchev–Trinajstić information content (AvgIpc) is 2.74. The van der Waals surface area contributed by atoms with Crippen LogP contribution in [0.1, 0.15) is 44.1 Å². The molecular weight excluding hydrogens is 210 g/mol. The van der Waals surface area contributed by atoms with Crippen LogP contribution in [-0.4, -0.2) is 11.3 Å². The number of ketones is 1. The minimum absolute atomic E-state index is 0.187. The Kier molecular flexibility index (Phi) is 3.95. The van der Waals surface area contributed by atoms with Crippen molar-refractivity contribution in [3.05, 3.63) is 35.9 Å². The van der Waals surface area contributed by atoms with E-state index in [1.165, 1.54) is 18.4 Å². The molecule has 0 heterocycles. The van der Waals surface area contributed by atoms with E-state index in [0.717, 1.165) is 19.3 Å². The lowest BCUT2D eigenvalue weighted by molar-refractivity contribution is -0.120. The van der Waals surface area contributed by atoms with Gasteiger partial charge in [-0.15, -0.1) is 0 Å². The van der Waals surface area contributed by atoms with Gasteiger partial charge in [0.25, 0.3) is 0 Å². The average molecular weight is 231 g/mol. The largest absolute Gasteiger partial charge is 0.325 e. The van der Waals surface area contributed by atoms with E-state index in [2.05, 4.69) is 12.1 Å². The van der Waals surface area contributed by atoms with Crippen molar-refractivity contribution < 1.29 is 4.79 Å².